The monoisotopic (exact) mass is 194 g/mol. The van der Waals surface area contributed by atoms with E-state index in [4.69, 9.17) is 0 Å². The molecule has 0 radical (unpaired) electrons. The highest BCUT2D eigenvalue weighted by Crippen LogP contribution is 2.06. The highest BCUT2D eigenvalue weighted by Gasteiger charge is 1.98. The Kier molecular flexibility index (Phi) is 5.38. The topological polar surface area (TPSA) is 17.0 Å². The van der Waals surface area contributed by atoms with Crippen LogP contribution in [0, 0.1) is 0 Å². The predicted molar refractivity (Wildman–Crippen MR) is 61.3 cm³/mol. The number of nitrogens with zero attached hydrogens (tertiary/aromatic N) is 1. The van der Waals surface area contributed by atoms with Crippen molar-refractivity contribution in [2.45, 2.75) is 45.7 Å². The molecule has 0 aromatic carbocycles. The standard InChI is InChI=1S/C12H22N2/c1-3-4-5-6-9-14-10-7-8-12(14)11-13-2/h7-8,10,13H,3-6,9,11H2,1-2H3. The molecule has 0 fully saturated rings. The van der Waals surface area contributed by atoms with Crippen LogP contribution in [0.1, 0.15) is 38.3 Å². The first-order chi connectivity index (χ1) is 6.88. The zero-order valence-corrected chi connectivity index (χ0v) is 9.42. The van der Waals surface area contributed by atoms with E-state index in [1.807, 2.05) is 7.05 Å². The summed E-state index contributed by atoms with van der Waals surface area (Å²) in [5, 5.41) is 3.19. The summed E-state index contributed by atoms with van der Waals surface area (Å²) in [7, 11) is 1.99. The van der Waals surface area contributed by atoms with Crippen LogP contribution in [0.3, 0.4) is 0 Å². The quantitative estimate of drug-likeness (QED) is 0.660. The van der Waals surface area contributed by atoms with Crippen LogP contribution in [0.5, 0.6) is 0 Å². The third-order valence-corrected chi connectivity index (χ3v) is 2.53. The van der Waals surface area contributed by atoms with Crippen molar-refractivity contribution in [3.63, 3.8) is 0 Å². The van der Waals surface area contributed by atoms with Crippen LogP contribution in [0.2, 0.25) is 0 Å². The summed E-state index contributed by atoms with van der Waals surface area (Å²) in [5.41, 5.74) is 1.39. The molecule has 0 spiro atoms. The smallest absolute Gasteiger partial charge is 0.0356 e. The molecule has 1 rings (SSSR count). The van der Waals surface area contributed by atoms with Crippen molar-refractivity contribution < 1.29 is 0 Å². The summed E-state index contributed by atoms with van der Waals surface area (Å²) >= 11 is 0. The molecule has 0 aliphatic rings. The van der Waals surface area contributed by atoms with Crippen LogP contribution in [0.15, 0.2) is 18.3 Å². The molecule has 80 valence electrons. The van der Waals surface area contributed by atoms with Crippen molar-refractivity contribution in [2.24, 2.45) is 0 Å². The van der Waals surface area contributed by atoms with Gasteiger partial charge in [-0.05, 0) is 25.6 Å². The summed E-state index contributed by atoms with van der Waals surface area (Å²) in [5.74, 6) is 0. The molecule has 1 heterocycles. The zero-order valence-electron chi connectivity index (χ0n) is 9.42. The molecule has 1 N–H and O–H groups in total. The predicted octanol–water partition coefficient (Wildman–Crippen LogP) is 2.79. The van der Waals surface area contributed by atoms with Gasteiger partial charge in [-0.25, -0.2) is 0 Å². The SMILES string of the molecule is CCCCCCn1cccc1CNC. The number of hydrogen-bond acceptors (Lipinski definition) is 1. The molecule has 0 aliphatic heterocycles. The Balaban J connectivity index is 2.30. The van der Waals surface area contributed by atoms with E-state index in [1.54, 1.807) is 0 Å². The summed E-state index contributed by atoms with van der Waals surface area (Å²) in [6.07, 6.45) is 7.52. The molecule has 0 unspecified atom stereocenters. The summed E-state index contributed by atoms with van der Waals surface area (Å²) in [4.78, 5) is 0. The van der Waals surface area contributed by atoms with Gasteiger partial charge in [0.1, 0.15) is 0 Å². The fourth-order valence-corrected chi connectivity index (χ4v) is 1.72. The minimum atomic E-state index is 0.973. The minimum absolute atomic E-state index is 0.973. The van der Waals surface area contributed by atoms with Gasteiger partial charge >= 0.3 is 0 Å². The maximum atomic E-state index is 3.19. The molecule has 14 heavy (non-hydrogen) atoms. The Bertz CT molecular complexity index is 240. The van der Waals surface area contributed by atoms with Crippen LogP contribution in [-0.4, -0.2) is 11.6 Å². The number of hydrogen-bond donors (Lipinski definition) is 1. The number of nitrogens with one attached hydrogen (secondary N) is 1. The van der Waals surface area contributed by atoms with Gasteiger partial charge in [-0.15, -0.1) is 0 Å². The number of aryl methyl sites for hydroxylation is 1. The number of aromatic nitrogens is 1. The van der Waals surface area contributed by atoms with E-state index in [9.17, 15) is 0 Å². The summed E-state index contributed by atoms with van der Waals surface area (Å²) < 4.78 is 2.35. The van der Waals surface area contributed by atoms with Gasteiger partial charge in [0.15, 0.2) is 0 Å². The van der Waals surface area contributed by atoms with Gasteiger partial charge in [0, 0.05) is 25.0 Å². The minimum Gasteiger partial charge on any atom is -0.350 e. The van der Waals surface area contributed by atoms with Crippen molar-refractivity contribution in [3.05, 3.63) is 24.0 Å². The highest BCUT2D eigenvalue weighted by atomic mass is 15.0. The molecule has 0 atom stereocenters. The van der Waals surface area contributed by atoms with Gasteiger partial charge < -0.3 is 9.88 Å². The van der Waals surface area contributed by atoms with Crippen LogP contribution >= 0.6 is 0 Å². The van der Waals surface area contributed by atoms with E-state index in [0.717, 1.165) is 6.54 Å². The van der Waals surface area contributed by atoms with Crippen molar-refractivity contribution in [2.75, 3.05) is 7.05 Å². The van der Waals surface area contributed by atoms with Crippen LogP contribution in [-0.2, 0) is 13.1 Å². The Morgan fingerprint density at radius 1 is 1.29 bits per heavy atom. The Morgan fingerprint density at radius 3 is 2.86 bits per heavy atom. The summed E-state index contributed by atoms with van der Waals surface area (Å²) in [6, 6.07) is 4.32. The largest absolute Gasteiger partial charge is 0.350 e. The molecule has 2 heteroatoms. The van der Waals surface area contributed by atoms with E-state index in [2.05, 4.69) is 35.1 Å². The normalized spacial score (nSPS) is 10.7. The Morgan fingerprint density at radius 2 is 2.14 bits per heavy atom. The third-order valence-electron chi connectivity index (χ3n) is 2.53. The van der Waals surface area contributed by atoms with Gasteiger partial charge in [0.25, 0.3) is 0 Å². The molecule has 0 amide bonds. The third kappa shape index (κ3) is 3.54. The second-order valence-corrected chi connectivity index (χ2v) is 3.78. The van der Waals surface area contributed by atoms with Crippen molar-refractivity contribution in [1.82, 2.24) is 9.88 Å². The fourth-order valence-electron chi connectivity index (χ4n) is 1.72. The van der Waals surface area contributed by atoms with Crippen LogP contribution in [0.4, 0.5) is 0 Å². The number of unbranched alkanes of at least 4 members (excludes halogenated alkanes) is 3. The highest BCUT2D eigenvalue weighted by molar-refractivity contribution is 5.06. The maximum absolute atomic E-state index is 3.19. The lowest BCUT2D eigenvalue weighted by atomic mass is 10.2. The fraction of sp³-hybridized carbons (Fsp3) is 0.667. The van der Waals surface area contributed by atoms with Crippen molar-refractivity contribution in [3.8, 4) is 0 Å². The van der Waals surface area contributed by atoms with E-state index in [-0.39, 0.29) is 0 Å². The first kappa shape index (κ1) is 11.3. The molecule has 0 bridgehead atoms. The van der Waals surface area contributed by atoms with Crippen LogP contribution < -0.4 is 5.32 Å². The molecule has 0 saturated heterocycles. The summed E-state index contributed by atoms with van der Waals surface area (Å²) in [6.45, 7) is 4.40. The molecule has 1 aromatic heterocycles. The van der Waals surface area contributed by atoms with Gasteiger partial charge in [-0.1, -0.05) is 26.2 Å². The van der Waals surface area contributed by atoms with Crippen molar-refractivity contribution >= 4 is 0 Å². The van der Waals surface area contributed by atoms with E-state index >= 15 is 0 Å². The Hall–Kier alpha value is -0.760. The lowest BCUT2D eigenvalue weighted by Crippen LogP contribution is -2.10. The molecular weight excluding hydrogens is 172 g/mol. The second kappa shape index (κ2) is 6.66. The average molecular weight is 194 g/mol. The van der Waals surface area contributed by atoms with Gasteiger partial charge in [0.2, 0.25) is 0 Å². The Labute approximate surface area is 87.3 Å². The lowest BCUT2D eigenvalue weighted by Gasteiger charge is -2.08. The van der Waals surface area contributed by atoms with Crippen LogP contribution in [0.25, 0.3) is 0 Å². The first-order valence-electron chi connectivity index (χ1n) is 5.67. The second-order valence-electron chi connectivity index (χ2n) is 3.78. The molecule has 2 nitrogen and oxygen atoms in total. The van der Waals surface area contributed by atoms with Gasteiger partial charge in [0.05, 0.1) is 0 Å². The molecular formula is C12H22N2. The van der Waals surface area contributed by atoms with E-state index in [1.165, 1.54) is 37.9 Å². The molecule has 0 saturated carbocycles. The lowest BCUT2D eigenvalue weighted by molar-refractivity contribution is 0.563. The molecule has 1 aromatic rings. The van der Waals surface area contributed by atoms with Gasteiger partial charge in [-0.2, -0.15) is 0 Å². The van der Waals surface area contributed by atoms with E-state index in [0.29, 0.717) is 0 Å². The number of rotatable bonds is 7. The van der Waals surface area contributed by atoms with E-state index < -0.39 is 0 Å². The maximum Gasteiger partial charge on any atom is 0.0356 e. The molecule has 0 aliphatic carbocycles. The van der Waals surface area contributed by atoms with Crippen molar-refractivity contribution in [1.29, 1.82) is 0 Å². The zero-order chi connectivity index (χ0) is 10.2. The average Bonchev–Trinajstić information content (AvgIpc) is 2.61. The first-order valence-corrected chi connectivity index (χ1v) is 5.67. The van der Waals surface area contributed by atoms with Gasteiger partial charge in [-0.3, -0.25) is 0 Å².